The molecule has 1 fully saturated rings. The van der Waals surface area contributed by atoms with Gasteiger partial charge >= 0.3 is 0 Å². The number of rotatable bonds is 2. The number of likely N-dealkylation sites (tertiary alicyclic amines) is 1. The summed E-state index contributed by atoms with van der Waals surface area (Å²) in [4.78, 5) is 13.8. The normalized spacial score (nSPS) is 21.9. The van der Waals surface area contributed by atoms with Gasteiger partial charge in [-0.1, -0.05) is 13.8 Å². The molecule has 1 atom stereocenters. The summed E-state index contributed by atoms with van der Waals surface area (Å²) >= 11 is 0. The van der Waals surface area contributed by atoms with Crippen molar-refractivity contribution in [2.45, 2.75) is 40.0 Å². The largest absolute Gasteiger partial charge is 0.342 e. The summed E-state index contributed by atoms with van der Waals surface area (Å²) in [7, 11) is 0. The van der Waals surface area contributed by atoms with Crippen LogP contribution in [0.5, 0.6) is 0 Å². The maximum absolute atomic E-state index is 11.9. The molecule has 0 saturated carbocycles. The molecule has 0 aromatic rings. The highest BCUT2D eigenvalue weighted by Crippen LogP contribution is 2.30. The third-order valence-electron chi connectivity index (χ3n) is 3.48. The smallest absolute Gasteiger partial charge is 0.225 e. The van der Waals surface area contributed by atoms with E-state index in [9.17, 15) is 4.79 Å². The molecule has 0 radical (unpaired) electrons. The highest BCUT2D eigenvalue weighted by molar-refractivity contribution is 5.78. The topological polar surface area (TPSA) is 44.1 Å². The van der Waals surface area contributed by atoms with E-state index in [1.807, 2.05) is 25.7 Å². The van der Waals surface area contributed by atoms with Crippen molar-refractivity contribution in [1.82, 2.24) is 4.90 Å². The fourth-order valence-electron chi connectivity index (χ4n) is 1.82. The van der Waals surface area contributed by atoms with Crippen LogP contribution in [0.4, 0.5) is 0 Å². The molecule has 84 valence electrons. The van der Waals surface area contributed by atoms with Crippen LogP contribution in [0, 0.1) is 22.7 Å². The van der Waals surface area contributed by atoms with Crippen LogP contribution in [0.3, 0.4) is 0 Å². The van der Waals surface area contributed by atoms with Crippen molar-refractivity contribution < 1.29 is 4.79 Å². The van der Waals surface area contributed by atoms with Crippen molar-refractivity contribution >= 4 is 5.91 Å². The first-order valence-electron chi connectivity index (χ1n) is 5.72. The number of amides is 1. The summed E-state index contributed by atoms with van der Waals surface area (Å²) in [5, 5.41) is 8.98. The number of carbonyl (C=O) groups excluding carboxylic acids is 1. The van der Waals surface area contributed by atoms with Gasteiger partial charge in [-0.3, -0.25) is 4.79 Å². The molecule has 1 rings (SSSR count). The molecule has 1 aliphatic heterocycles. The number of nitriles is 1. The minimum absolute atomic E-state index is 0.122. The molecule has 1 aliphatic rings. The van der Waals surface area contributed by atoms with Crippen LogP contribution < -0.4 is 0 Å². The van der Waals surface area contributed by atoms with E-state index in [2.05, 4.69) is 6.07 Å². The Morgan fingerprint density at radius 2 is 2.07 bits per heavy atom. The van der Waals surface area contributed by atoms with E-state index in [-0.39, 0.29) is 17.2 Å². The number of carbonyl (C=O) groups is 1. The van der Waals surface area contributed by atoms with Gasteiger partial charge in [0.25, 0.3) is 0 Å². The summed E-state index contributed by atoms with van der Waals surface area (Å²) < 4.78 is 0. The Hall–Kier alpha value is -1.04. The Bertz CT molecular complexity index is 272. The predicted octanol–water partition coefficient (Wildman–Crippen LogP) is 2.18. The quantitative estimate of drug-likeness (QED) is 0.698. The van der Waals surface area contributed by atoms with E-state index in [1.54, 1.807) is 0 Å². The SMILES string of the molecule is CCC(C)C(=O)N1CCC(C)(C#N)CC1. The molecule has 0 aliphatic carbocycles. The molecular formula is C12H20N2O. The van der Waals surface area contributed by atoms with Gasteiger partial charge in [-0.05, 0) is 26.2 Å². The van der Waals surface area contributed by atoms with Gasteiger partial charge in [-0.25, -0.2) is 0 Å². The monoisotopic (exact) mass is 208 g/mol. The van der Waals surface area contributed by atoms with Crippen molar-refractivity contribution in [3.8, 4) is 6.07 Å². The minimum Gasteiger partial charge on any atom is -0.342 e. The lowest BCUT2D eigenvalue weighted by Crippen LogP contribution is -2.43. The first kappa shape index (κ1) is 12.0. The second kappa shape index (κ2) is 4.65. The highest BCUT2D eigenvalue weighted by atomic mass is 16.2. The molecule has 15 heavy (non-hydrogen) atoms. The van der Waals surface area contributed by atoms with Crippen LogP contribution in [0.1, 0.15) is 40.0 Å². The summed E-state index contributed by atoms with van der Waals surface area (Å²) in [5.74, 6) is 0.369. The van der Waals surface area contributed by atoms with Gasteiger partial charge in [0, 0.05) is 19.0 Å². The zero-order chi connectivity index (χ0) is 11.5. The van der Waals surface area contributed by atoms with Gasteiger partial charge in [0.1, 0.15) is 0 Å². The molecule has 1 amide bonds. The molecule has 0 aromatic carbocycles. The Balaban J connectivity index is 2.52. The summed E-state index contributed by atoms with van der Waals surface area (Å²) in [5.41, 5.74) is -0.216. The van der Waals surface area contributed by atoms with Crippen LogP contribution >= 0.6 is 0 Å². The second-order valence-electron chi connectivity index (χ2n) is 4.81. The lowest BCUT2D eigenvalue weighted by Gasteiger charge is -2.36. The van der Waals surface area contributed by atoms with E-state index < -0.39 is 0 Å². The maximum Gasteiger partial charge on any atom is 0.225 e. The van der Waals surface area contributed by atoms with Crippen molar-refractivity contribution in [3.63, 3.8) is 0 Å². The van der Waals surface area contributed by atoms with Crippen LogP contribution in [-0.4, -0.2) is 23.9 Å². The number of piperidine rings is 1. The highest BCUT2D eigenvalue weighted by Gasteiger charge is 2.32. The third kappa shape index (κ3) is 2.71. The lowest BCUT2D eigenvalue weighted by molar-refractivity contribution is -0.136. The molecule has 3 nitrogen and oxygen atoms in total. The van der Waals surface area contributed by atoms with Crippen molar-refractivity contribution in [1.29, 1.82) is 5.26 Å². The van der Waals surface area contributed by atoms with E-state index in [0.717, 1.165) is 32.4 Å². The Morgan fingerprint density at radius 3 is 2.47 bits per heavy atom. The number of hydrogen-bond acceptors (Lipinski definition) is 2. The average molecular weight is 208 g/mol. The van der Waals surface area contributed by atoms with Crippen molar-refractivity contribution in [2.75, 3.05) is 13.1 Å². The zero-order valence-electron chi connectivity index (χ0n) is 9.92. The van der Waals surface area contributed by atoms with E-state index in [4.69, 9.17) is 5.26 Å². The van der Waals surface area contributed by atoms with Gasteiger partial charge in [-0.2, -0.15) is 5.26 Å². The van der Waals surface area contributed by atoms with Crippen LogP contribution in [0.2, 0.25) is 0 Å². The van der Waals surface area contributed by atoms with Gasteiger partial charge in [-0.15, -0.1) is 0 Å². The fraction of sp³-hybridized carbons (Fsp3) is 0.833. The van der Waals surface area contributed by atoms with Crippen molar-refractivity contribution in [3.05, 3.63) is 0 Å². The predicted molar refractivity (Wildman–Crippen MR) is 59.0 cm³/mol. The molecule has 0 aromatic heterocycles. The molecule has 0 bridgehead atoms. The second-order valence-corrected chi connectivity index (χ2v) is 4.81. The van der Waals surface area contributed by atoms with Gasteiger partial charge < -0.3 is 4.90 Å². The lowest BCUT2D eigenvalue weighted by atomic mass is 9.82. The molecule has 0 N–H and O–H groups in total. The third-order valence-corrected chi connectivity index (χ3v) is 3.48. The van der Waals surface area contributed by atoms with Crippen LogP contribution in [0.15, 0.2) is 0 Å². The summed E-state index contributed by atoms with van der Waals surface area (Å²) in [6, 6.07) is 2.35. The zero-order valence-corrected chi connectivity index (χ0v) is 9.92. The minimum atomic E-state index is -0.216. The molecule has 1 heterocycles. The van der Waals surface area contributed by atoms with E-state index >= 15 is 0 Å². The van der Waals surface area contributed by atoms with Gasteiger partial charge in [0.05, 0.1) is 11.5 Å². The average Bonchev–Trinajstić information content (AvgIpc) is 2.28. The summed E-state index contributed by atoms with van der Waals surface area (Å²) in [6.45, 7) is 7.48. The van der Waals surface area contributed by atoms with E-state index in [0.29, 0.717) is 0 Å². The molecular weight excluding hydrogens is 188 g/mol. The number of hydrogen-bond donors (Lipinski definition) is 0. The standard InChI is InChI=1S/C12H20N2O/c1-4-10(2)11(15)14-7-5-12(3,9-13)6-8-14/h10H,4-8H2,1-3H3. The Kier molecular flexibility index (Phi) is 3.73. The van der Waals surface area contributed by atoms with Crippen molar-refractivity contribution in [2.24, 2.45) is 11.3 Å². The first-order valence-corrected chi connectivity index (χ1v) is 5.72. The molecule has 1 unspecified atom stereocenters. The molecule has 3 heteroatoms. The molecule has 0 spiro atoms. The van der Waals surface area contributed by atoms with Crippen LogP contribution in [0.25, 0.3) is 0 Å². The maximum atomic E-state index is 11.9. The first-order chi connectivity index (χ1) is 7.02. The Labute approximate surface area is 92.1 Å². The van der Waals surface area contributed by atoms with Gasteiger partial charge in [0.2, 0.25) is 5.91 Å². The van der Waals surface area contributed by atoms with Crippen LogP contribution in [-0.2, 0) is 4.79 Å². The number of nitrogens with zero attached hydrogens (tertiary/aromatic N) is 2. The van der Waals surface area contributed by atoms with Gasteiger partial charge in [0.15, 0.2) is 0 Å². The Morgan fingerprint density at radius 1 is 1.53 bits per heavy atom. The fourth-order valence-corrected chi connectivity index (χ4v) is 1.82. The molecule has 1 saturated heterocycles. The van der Waals surface area contributed by atoms with E-state index in [1.165, 1.54) is 0 Å². The summed E-state index contributed by atoms with van der Waals surface area (Å²) in [6.07, 6.45) is 2.52.